The summed E-state index contributed by atoms with van der Waals surface area (Å²) in [5.41, 5.74) is 2.91. The number of hydrogen-bond donors (Lipinski definition) is 0. The van der Waals surface area contributed by atoms with Gasteiger partial charge in [-0.2, -0.15) is 0 Å². The summed E-state index contributed by atoms with van der Waals surface area (Å²) in [6, 6.07) is 22.0. The molecule has 0 saturated carbocycles. The molecule has 0 bridgehead atoms. The Kier molecular flexibility index (Phi) is 5.63. The molecule has 3 aromatic carbocycles. The first kappa shape index (κ1) is 18.8. The van der Waals surface area contributed by atoms with Crippen LogP contribution in [0.5, 0.6) is 5.75 Å². The van der Waals surface area contributed by atoms with E-state index in [1.54, 1.807) is 7.11 Å². The predicted octanol–water partition coefficient (Wildman–Crippen LogP) is 5.30. The number of benzene rings is 3. The second kappa shape index (κ2) is 8.67. The largest absolute Gasteiger partial charge is 0.495 e. The van der Waals surface area contributed by atoms with Crippen molar-refractivity contribution in [2.75, 3.05) is 7.11 Å². The average Bonchev–Trinajstić information content (AvgIpc) is 3.30. The first-order chi connectivity index (χ1) is 14.3. The molecule has 29 heavy (non-hydrogen) atoms. The van der Waals surface area contributed by atoms with E-state index in [0.29, 0.717) is 12.3 Å². The fraction of sp³-hybridized carbons (Fsp3) is 0.192. The molecule has 0 heterocycles. The van der Waals surface area contributed by atoms with E-state index in [9.17, 15) is 4.79 Å². The number of hydrogen-bond acceptors (Lipinski definition) is 2. The normalized spacial score (nSPS) is 12.8. The Morgan fingerprint density at radius 2 is 1.83 bits per heavy atom. The maximum Gasteiger partial charge on any atom is 0.303 e. The molecule has 0 fully saturated rings. The first-order valence-corrected chi connectivity index (χ1v) is 9.88. The third-order valence-corrected chi connectivity index (χ3v) is 5.20. The van der Waals surface area contributed by atoms with Crippen LogP contribution in [0.4, 0.5) is 0 Å². The standard InChI is InChI=1S/C26H23NO2/c1-29-25-17-15-21-11-5-8-14-23(21)24(25)16-18-26(28)27(22-12-6-7-13-22)19-20-9-3-2-4-10-20/h2-5,8-12,14-15,17H,6-7,13,19H2,1H3. The zero-order valence-corrected chi connectivity index (χ0v) is 16.5. The molecule has 1 amide bonds. The molecule has 0 atom stereocenters. The molecule has 0 radical (unpaired) electrons. The third kappa shape index (κ3) is 4.17. The molecule has 0 aliphatic heterocycles. The minimum Gasteiger partial charge on any atom is -0.495 e. The van der Waals surface area contributed by atoms with Crippen molar-refractivity contribution in [2.24, 2.45) is 0 Å². The van der Waals surface area contributed by atoms with Crippen LogP contribution in [-0.2, 0) is 11.3 Å². The summed E-state index contributed by atoms with van der Waals surface area (Å²) in [6.45, 7) is 0.535. The fourth-order valence-corrected chi connectivity index (χ4v) is 3.70. The first-order valence-electron chi connectivity index (χ1n) is 9.88. The van der Waals surface area contributed by atoms with E-state index in [4.69, 9.17) is 4.74 Å². The maximum atomic E-state index is 13.1. The molecular formula is C26H23NO2. The molecular weight excluding hydrogens is 358 g/mol. The number of carbonyl (C=O) groups is 1. The van der Waals surface area contributed by atoms with Gasteiger partial charge in [0.25, 0.3) is 0 Å². The highest BCUT2D eigenvalue weighted by Gasteiger charge is 2.19. The molecule has 3 aromatic rings. The summed E-state index contributed by atoms with van der Waals surface area (Å²) in [5.74, 6) is 6.48. The Bertz CT molecular complexity index is 1120. The van der Waals surface area contributed by atoms with Crippen LogP contribution in [0, 0.1) is 11.8 Å². The Labute approximate surface area is 171 Å². The van der Waals surface area contributed by atoms with Crippen molar-refractivity contribution in [2.45, 2.75) is 25.8 Å². The molecule has 144 valence electrons. The number of carbonyl (C=O) groups excluding carboxylic acids is 1. The summed E-state index contributed by atoms with van der Waals surface area (Å²) in [4.78, 5) is 14.9. The van der Waals surface area contributed by atoms with Crippen LogP contribution < -0.4 is 4.74 Å². The lowest BCUT2D eigenvalue weighted by atomic mass is 10.0. The topological polar surface area (TPSA) is 29.5 Å². The van der Waals surface area contributed by atoms with Gasteiger partial charge in [-0.05, 0) is 36.3 Å². The lowest BCUT2D eigenvalue weighted by Gasteiger charge is -2.21. The van der Waals surface area contributed by atoms with Crippen molar-refractivity contribution < 1.29 is 9.53 Å². The minimum atomic E-state index is -0.183. The lowest BCUT2D eigenvalue weighted by molar-refractivity contribution is -0.123. The Hall–Kier alpha value is -3.51. The van der Waals surface area contributed by atoms with E-state index in [0.717, 1.165) is 46.9 Å². The zero-order valence-electron chi connectivity index (χ0n) is 16.5. The zero-order chi connectivity index (χ0) is 20.1. The van der Waals surface area contributed by atoms with Crippen molar-refractivity contribution in [1.82, 2.24) is 4.90 Å². The Morgan fingerprint density at radius 1 is 1.03 bits per heavy atom. The number of rotatable bonds is 4. The molecule has 0 N–H and O–H groups in total. The van der Waals surface area contributed by atoms with Gasteiger partial charge in [0.1, 0.15) is 5.75 Å². The smallest absolute Gasteiger partial charge is 0.303 e. The van der Waals surface area contributed by atoms with Crippen LogP contribution >= 0.6 is 0 Å². The maximum absolute atomic E-state index is 13.1. The highest BCUT2D eigenvalue weighted by Crippen LogP contribution is 2.27. The summed E-state index contributed by atoms with van der Waals surface area (Å²) in [6.07, 6.45) is 5.16. The van der Waals surface area contributed by atoms with E-state index in [-0.39, 0.29) is 5.91 Å². The van der Waals surface area contributed by atoms with Gasteiger partial charge >= 0.3 is 5.91 Å². The van der Waals surface area contributed by atoms with Crippen molar-refractivity contribution >= 4 is 16.7 Å². The van der Waals surface area contributed by atoms with Gasteiger partial charge in [0.2, 0.25) is 0 Å². The van der Waals surface area contributed by atoms with Gasteiger partial charge in [-0.3, -0.25) is 4.79 Å². The average molecular weight is 381 g/mol. The number of fused-ring (bicyclic) bond motifs is 1. The number of nitrogens with zero attached hydrogens (tertiary/aromatic N) is 1. The van der Waals surface area contributed by atoms with Crippen LogP contribution in [0.25, 0.3) is 10.8 Å². The summed E-state index contributed by atoms with van der Waals surface area (Å²) < 4.78 is 5.50. The molecule has 3 heteroatoms. The molecule has 1 aliphatic carbocycles. The van der Waals surface area contributed by atoms with E-state index in [1.165, 1.54) is 0 Å². The molecule has 4 rings (SSSR count). The minimum absolute atomic E-state index is 0.183. The van der Waals surface area contributed by atoms with Crippen LogP contribution in [0.15, 0.2) is 78.5 Å². The highest BCUT2D eigenvalue weighted by molar-refractivity contribution is 5.97. The van der Waals surface area contributed by atoms with Crippen LogP contribution in [0.1, 0.15) is 30.4 Å². The SMILES string of the molecule is COc1ccc2ccccc2c1C#CC(=O)N(Cc1ccccc1)C1=CCCC1. The van der Waals surface area contributed by atoms with Crippen LogP contribution in [0.2, 0.25) is 0 Å². The molecule has 3 nitrogen and oxygen atoms in total. The van der Waals surface area contributed by atoms with Crippen molar-refractivity contribution in [1.29, 1.82) is 0 Å². The van der Waals surface area contributed by atoms with E-state index >= 15 is 0 Å². The summed E-state index contributed by atoms with van der Waals surface area (Å²) in [5, 5.41) is 2.06. The van der Waals surface area contributed by atoms with Gasteiger partial charge in [0.15, 0.2) is 0 Å². The Balaban J connectivity index is 1.69. The number of allylic oxidation sites excluding steroid dienone is 2. The van der Waals surface area contributed by atoms with Crippen LogP contribution in [-0.4, -0.2) is 17.9 Å². The van der Waals surface area contributed by atoms with Gasteiger partial charge in [-0.25, -0.2) is 0 Å². The summed E-state index contributed by atoms with van der Waals surface area (Å²) in [7, 11) is 1.63. The van der Waals surface area contributed by atoms with Gasteiger partial charge in [0, 0.05) is 17.0 Å². The van der Waals surface area contributed by atoms with Crippen LogP contribution in [0.3, 0.4) is 0 Å². The fourth-order valence-electron chi connectivity index (χ4n) is 3.70. The lowest BCUT2D eigenvalue weighted by Crippen LogP contribution is -2.28. The van der Waals surface area contributed by atoms with E-state index in [2.05, 4.69) is 17.9 Å². The quantitative estimate of drug-likeness (QED) is 0.574. The predicted molar refractivity (Wildman–Crippen MR) is 116 cm³/mol. The molecule has 0 aromatic heterocycles. The van der Waals surface area contributed by atoms with E-state index < -0.39 is 0 Å². The van der Waals surface area contributed by atoms with Gasteiger partial charge in [-0.15, -0.1) is 0 Å². The molecule has 0 spiro atoms. The molecule has 1 aliphatic rings. The highest BCUT2D eigenvalue weighted by atomic mass is 16.5. The van der Waals surface area contributed by atoms with Crippen molar-refractivity contribution in [3.63, 3.8) is 0 Å². The van der Waals surface area contributed by atoms with E-state index in [1.807, 2.05) is 71.6 Å². The second-order valence-corrected chi connectivity index (χ2v) is 7.08. The van der Waals surface area contributed by atoms with Crippen molar-refractivity contribution in [3.8, 4) is 17.6 Å². The summed E-state index contributed by atoms with van der Waals surface area (Å²) >= 11 is 0. The number of amides is 1. The van der Waals surface area contributed by atoms with Gasteiger partial charge in [-0.1, -0.05) is 72.7 Å². The second-order valence-electron chi connectivity index (χ2n) is 7.08. The number of ether oxygens (including phenoxy) is 1. The third-order valence-electron chi connectivity index (χ3n) is 5.20. The molecule has 0 saturated heterocycles. The van der Waals surface area contributed by atoms with Gasteiger partial charge in [0.05, 0.1) is 19.2 Å². The van der Waals surface area contributed by atoms with Gasteiger partial charge < -0.3 is 9.64 Å². The molecule has 0 unspecified atom stereocenters. The van der Waals surface area contributed by atoms with Crippen molar-refractivity contribution in [3.05, 3.63) is 89.6 Å². The Morgan fingerprint density at radius 3 is 2.59 bits per heavy atom. The monoisotopic (exact) mass is 381 g/mol. The number of methoxy groups -OCH3 is 1.